The van der Waals surface area contributed by atoms with Crippen LogP contribution in [0.25, 0.3) is 0 Å². The largest absolute Gasteiger partial charge is 0.478 e. The Hall–Kier alpha value is -2.04. The summed E-state index contributed by atoms with van der Waals surface area (Å²) in [5, 5.41) is 11.7. The number of benzene rings is 1. The SMILES string of the molecule is CCC1C(=O)Nc2ccc(C(=O)O)cc2N1C. The summed E-state index contributed by atoms with van der Waals surface area (Å²) in [5.41, 5.74) is 1.63. The second-order valence-corrected chi connectivity index (χ2v) is 4.06. The van der Waals surface area contributed by atoms with Gasteiger partial charge in [-0.1, -0.05) is 6.92 Å². The van der Waals surface area contributed by atoms with E-state index in [4.69, 9.17) is 5.11 Å². The van der Waals surface area contributed by atoms with Gasteiger partial charge in [0.25, 0.3) is 0 Å². The molecule has 1 aliphatic heterocycles. The summed E-state index contributed by atoms with van der Waals surface area (Å²) in [4.78, 5) is 24.5. The number of likely N-dealkylation sites (N-methyl/N-ethyl adjacent to an activating group) is 1. The van der Waals surface area contributed by atoms with E-state index >= 15 is 0 Å². The maximum Gasteiger partial charge on any atom is 0.335 e. The van der Waals surface area contributed by atoms with E-state index < -0.39 is 5.97 Å². The molecule has 1 aromatic carbocycles. The molecule has 0 fully saturated rings. The molecule has 1 atom stereocenters. The summed E-state index contributed by atoms with van der Waals surface area (Å²) >= 11 is 0. The molecule has 0 spiro atoms. The van der Waals surface area contributed by atoms with E-state index in [1.807, 2.05) is 11.8 Å². The first-order valence-corrected chi connectivity index (χ1v) is 5.45. The fraction of sp³-hybridized carbons (Fsp3) is 0.333. The number of anilines is 2. The predicted molar refractivity (Wildman–Crippen MR) is 64.5 cm³/mol. The Morgan fingerprint density at radius 1 is 1.53 bits per heavy atom. The third-order valence-electron chi connectivity index (χ3n) is 3.04. The van der Waals surface area contributed by atoms with Crippen molar-refractivity contribution in [2.24, 2.45) is 0 Å². The van der Waals surface area contributed by atoms with Crippen LogP contribution >= 0.6 is 0 Å². The number of fused-ring (bicyclic) bond motifs is 1. The number of hydrogen-bond acceptors (Lipinski definition) is 3. The van der Waals surface area contributed by atoms with Gasteiger partial charge in [-0.05, 0) is 24.6 Å². The van der Waals surface area contributed by atoms with E-state index in [0.29, 0.717) is 12.1 Å². The second-order valence-electron chi connectivity index (χ2n) is 4.06. The Labute approximate surface area is 99.0 Å². The van der Waals surface area contributed by atoms with Crippen molar-refractivity contribution in [3.63, 3.8) is 0 Å². The monoisotopic (exact) mass is 234 g/mol. The molecule has 0 aromatic heterocycles. The van der Waals surface area contributed by atoms with E-state index in [1.165, 1.54) is 6.07 Å². The number of carboxylic acid groups (broad SMARTS) is 1. The molecule has 0 bridgehead atoms. The van der Waals surface area contributed by atoms with Crippen molar-refractivity contribution < 1.29 is 14.7 Å². The average molecular weight is 234 g/mol. The van der Waals surface area contributed by atoms with E-state index in [1.54, 1.807) is 19.2 Å². The third kappa shape index (κ3) is 1.84. The molecule has 17 heavy (non-hydrogen) atoms. The first kappa shape index (κ1) is 11.4. The molecule has 1 unspecified atom stereocenters. The minimum atomic E-state index is -0.967. The zero-order valence-electron chi connectivity index (χ0n) is 9.73. The van der Waals surface area contributed by atoms with Gasteiger partial charge in [-0.2, -0.15) is 0 Å². The second kappa shape index (κ2) is 4.08. The van der Waals surface area contributed by atoms with Crippen LogP contribution in [-0.2, 0) is 4.79 Å². The molecule has 0 saturated carbocycles. The smallest absolute Gasteiger partial charge is 0.335 e. The molecular formula is C12H14N2O3. The molecule has 1 aromatic rings. The van der Waals surface area contributed by atoms with Crippen LogP contribution in [0.1, 0.15) is 23.7 Å². The molecule has 5 heteroatoms. The van der Waals surface area contributed by atoms with E-state index in [9.17, 15) is 9.59 Å². The molecule has 0 saturated heterocycles. The van der Waals surface area contributed by atoms with Crippen LogP contribution in [-0.4, -0.2) is 30.1 Å². The van der Waals surface area contributed by atoms with Gasteiger partial charge in [0, 0.05) is 7.05 Å². The van der Waals surface area contributed by atoms with Crippen LogP contribution in [0.5, 0.6) is 0 Å². The fourth-order valence-electron chi connectivity index (χ4n) is 2.08. The minimum Gasteiger partial charge on any atom is -0.478 e. The van der Waals surface area contributed by atoms with Crippen molar-refractivity contribution in [3.05, 3.63) is 23.8 Å². The number of hydrogen-bond donors (Lipinski definition) is 2. The van der Waals surface area contributed by atoms with Gasteiger partial charge in [-0.3, -0.25) is 4.79 Å². The van der Waals surface area contributed by atoms with Gasteiger partial charge in [-0.25, -0.2) is 4.79 Å². The van der Waals surface area contributed by atoms with Gasteiger partial charge in [0.1, 0.15) is 6.04 Å². The van der Waals surface area contributed by atoms with Crippen LogP contribution in [0.2, 0.25) is 0 Å². The lowest BCUT2D eigenvalue weighted by Gasteiger charge is -2.34. The van der Waals surface area contributed by atoms with E-state index in [-0.39, 0.29) is 17.5 Å². The topological polar surface area (TPSA) is 69.6 Å². The molecule has 1 aliphatic rings. The first-order valence-electron chi connectivity index (χ1n) is 5.45. The van der Waals surface area contributed by atoms with E-state index in [0.717, 1.165) is 5.69 Å². The average Bonchev–Trinajstić information content (AvgIpc) is 2.29. The number of carbonyl (C=O) groups is 2. The van der Waals surface area contributed by atoms with Gasteiger partial charge < -0.3 is 15.3 Å². The standard InChI is InChI=1S/C12H14N2O3/c1-3-9-11(15)13-8-5-4-7(12(16)17)6-10(8)14(9)2/h4-6,9H,3H2,1-2H3,(H,13,15)(H,16,17). The fourth-order valence-corrected chi connectivity index (χ4v) is 2.08. The molecule has 1 heterocycles. The number of amides is 1. The quantitative estimate of drug-likeness (QED) is 0.814. The highest BCUT2D eigenvalue weighted by atomic mass is 16.4. The molecule has 1 amide bonds. The number of nitrogens with one attached hydrogen (secondary N) is 1. The van der Waals surface area contributed by atoms with Crippen LogP contribution < -0.4 is 10.2 Å². The lowest BCUT2D eigenvalue weighted by molar-refractivity contribution is -0.117. The molecule has 90 valence electrons. The highest BCUT2D eigenvalue weighted by molar-refractivity contribution is 6.04. The van der Waals surface area contributed by atoms with Gasteiger partial charge in [0.05, 0.1) is 16.9 Å². The van der Waals surface area contributed by atoms with Crippen molar-refractivity contribution in [2.45, 2.75) is 19.4 Å². The molecule has 0 aliphatic carbocycles. The summed E-state index contributed by atoms with van der Waals surface area (Å²) in [6.07, 6.45) is 0.680. The van der Waals surface area contributed by atoms with Gasteiger partial charge in [0.15, 0.2) is 0 Å². The highest BCUT2D eigenvalue weighted by Gasteiger charge is 2.29. The zero-order valence-corrected chi connectivity index (χ0v) is 9.73. The third-order valence-corrected chi connectivity index (χ3v) is 3.04. The zero-order chi connectivity index (χ0) is 12.6. The van der Waals surface area contributed by atoms with Crippen LogP contribution in [0.3, 0.4) is 0 Å². The molecule has 2 N–H and O–H groups in total. The summed E-state index contributed by atoms with van der Waals surface area (Å²) in [5.74, 6) is -1.02. The maximum absolute atomic E-state index is 11.7. The van der Waals surface area contributed by atoms with Crippen molar-refractivity contribution in [1.29, 1.82) is 0 Å². The van der Waals surface area contributed by atoms with Crippen LogP contribution in [0.15, 0.2) is 18.2 Å². The molecule has 0 radical (unpaired) electrons. The Morgan fingerprint density at radius 2 is 2.24 bits per heavy atom. The number of aromatic carboxylic acids is 1. The molecule has 5 nitrogen and oxygen atoms in total. The van der Waals surface area contributed by atoms with E-state index in [2.05, 4.69) is 5.32 Å². The van der Waals surface area contributed by atoms with Crippen LogP contribution in [0.4, 0.5) is 11.4 Å². The maximum atomic E-state index is 11.7. The number of carboxylic acids is 1. The number of rotatable bonds is 2. The Kier molecular flexibility index (Phi) is 2.75. The van der Waals surface area contributed by atoms with Gasteiger partial charge >= 0.3 is 5.97 Å². The predicted octanol–water partition coefficient (Wildman–Crippen LogP) is 1.55. The van der Waals surface area contributed by atoms with Crippen molar-refractivity contribution in [1.82, 2.24) is 0 Å². The first-order chi connectivity index (χ1) is 8.04. The van der Waals surface area contributed by atoms with Crippen molar-refractivity contribution in [3.8, 4) is 0 Å². The summed E-state index contributed by atoms with van der Waals surface area (Å²) in [6.45, 7) is 1.92. The Balaban J connectivity index is 2.47. The number of nitrogens with zero attached hydrogens (tertiary/aromatic N) is 1. The Bertz CT molecular complexity index is 485. The summed E-state index contributed by atoms with van der Waals surface area (Å²) in [7, 11) is 1.80. The Morgan fingerprint density at radius 3 is 2.82 bits per heavy atom. The molecular weight excluding hydrogens is 220 g/mol. The van der Waals surface area contributed by atoms with Crippen molar-refractivity contribution in [2.75, 3.05) is 17.3 Å². The van der Waals surface area contributed by atoms with Crippen molar-refractivity contribution >= 4 is 23.3 Å². The van der Waals surface area contributed by atoms with Crippen LogP contribution in [0, 0.1) is 0 Å². The summed E-state index contributed by atoms with van der Waals surface area (Å²) in [6, 6.07) is 4.45. The normalized spacial score (nSPS) is 18.6. The number of carbonyl (C=O) groups excluding carboxylic acids is 1. The van der Waals surface area contributed by atoms with Gasteiger partial charge in [-0.15, -0.1) is 0 Å². The lowest BCUT2D eigenvalue weighted by Crippen LogP contribution is -2.45. The lowest BCUT2D eigenvalue weighted by atomic mass is 10.0. The molecule has 2 rings (SSSR count). The summed E-state index contributed by atoms with van der Waals surface area (Å²) < 4.78 is 0. The minimum absolute atomic E-state index is 0.0504. The van der Waals surface area contributed by atoms with Gasteiger partial charge in [0.2, 0.25) is 5.91 Å². The highest BCUT2D eigenvalue weighted by Crippen LogP contribution is 2.32.